The molecule has 0 saturated heterocycles. The molecule has 3 rings (SSSR count). The second-order valence-electron chi connectivity index (χ2n) is 6.26. The Morgan fingerprint density at radius 3 is 2.70 bits per heavy atom. The molecule has 1 aromatic carbocycles. The average molecular weight is 385 g/mol. The van der Waals surface area contributed by atoms with E-state index in [4.69, 9.17) is 9.15 Å². The van der Waals surface area contributed by atoms with Gasteiger partial charge in [0.1, 0.15) is 11.4 Å². The van der Waals surface area contributed by atoms with Gasteiger partial charge >= 0.3 is 0 Å². The molecule has 0 unspecified atom stereocenters. The van der Waals surface area contributed by atoms with Crippen LogP contribution in [0.3, 0.4) is 0 Å². The van der Waals surface area contributed by atoms with E-state index in [1.54, 1.807) is 30.3 Å². The van der Waals surface area contributed by atoms with Crippen LogP contribution in [0.25, 0.3) is 0 Å². The van der Waals surface area contributed by atoms with E-state index in [9.17, 15) is 9.90 Å². The number of ether oxygens (including phenoxy) is 1. The number of thiophene rings is 1. The topological polar surface area (TPSA) is 71.7 Å². The van der Waals surface area contributed by atoms with Gasteiger partial charge in [-0.25, -0.2) is 0 Å². The summed E-state index contributed by atoms with van der Waals surface area (Å²) in [4.78, 5) is 13.3. The van der Waals surface area contributed by atoms with Crippen LogP contribution in [0.4, 0.5) is 0 Å². The lowest BCUT2D eigenvalue weighted by Gasteiger charge is -2.26. The zero-order chi connectivity index (χ0) is 19.1. The van der Waals surface area contributed by atoms with Gasteiger partial charge in [-0.2, -0.15) is 0 Å². The van der Waals surface area contributed by atoms with Crippen molar-refractivity contribution in [2.24, 2.45) is 0 Å². The largest absolute Gasteiger partial charge is 0.494 e. The van der Waals surface area contributed by atoms with E-state index >= 15 is 0 Å². The van der Waals surface area contributed by atoms with Gasteiger partial charge in [-0.15, -0.1) is 11.3 Å². The summed E-state index contributed by atoms with van der Waals surface area (Å²) in [6.07, 6.45) is 5.07. The third-order valence-electron chi connectivity index (χ3n) is 4.32. The highest BCUT2D eigenvalue weighted by molar-refractivity contribution is 7.10. The van der Waals surface area contributed by atoms with E-state index in [1.807, 2.05) is 17.5 Å². The Morgan fingerprint density at radius 2 is 2.07 bits per heavy atom. The first kappa shape index (κ1) is 19.2. The van der Waals surface area contributed by atoms with Crippen molar-refractivity contribution in [2.45, 2.75) is 25.4 Å². The minimum atomic E-state index is -1.33. The van der Waals surface area contributed by atoms with Crippen molar-refractivity contribution in [3.63, 3.8) is 0 Å². The molecule has 1 atom stereocenters. The second-order valence-corrected chi connectivity index (χ2v) is 7.21. The van der Waals surface area contributed by atoms with Gasteiger partial charge in [0.25, 0.3) is 5.91 Å². The lowest BCUT2D eigenvalue weighted by atomic mass is 9.94. The molecule has 142 valence electrons. The van der Waals surface area contributed by atoms with E-state index in [2.05, 4.69) is 12.2 Å². The monoisotopic (exact) mass is 385 g/mol. The molecule has 0 aliphatic heterocycles. The summed E-state index contributed by atoms with van der Waals surface area (Å²) in [6, 6.07) is 12.4. The van der Waals surface area contributed by atoms with Gasteiger partial charge in [-0.1, -0.05) is 19.4 Å². The van der Waals surface area contributed by atoms with E-state index in [1.165, 1.54) is 23.9 Å². The number of hydrogen-bond acceptors (Lipinski definition) is 5. The maximum absolute atomic E-state index is 12.5. The van der Waals surface area contributed by atoms with Crippen LogP contribution in [0.15, 0.2) is 64.8 Å². The Labute approximate surface area is 162 Å². The SMILES string of the molecule is CCCCOc1ccc(C(=O)NC[C@@](O)(c2ccoc2)c2cccs2)cc1. The van der Waals surface area contributed by atoms with E-state index in [0.717, 1.165) is 23.5 Å². The molecule has 2 heterocycles. The molecule has 3 aromatic rings. The Morgan fingerprint density at radius 1 is 1.26 bits per heavy atom. The van der Waals surface area contributed by atoms with Crippen LogP contribution in [0.2, 0.25) is 0 Å². The fraction of sp³-hybridized carbons (Fsp3) is 0.286. The molecular formula is C21H23NO4S. The first-order chi connectivity index (χ1) is 13.1. The summed E-state index contributed by atoms with van der Waals surface area (Å²) in [5.41, 5.74) is -0.219. The van der Waals surface area contributed by atoms with E-state index in [-0.39, 0.29) is 12.5 Å². The molecule has 1 amide bonds. The van der Waals surface area contributed by atoms with Gasteiger partial charge < -0.3 is 19.6 Å². The summed E-state index contributed by atoms with van der Waals surface area (Å²) in [5.74, 6) is 0.488. The Bertz CT molecular complexity index is 791. The van der Waals surface area contributed by atoms with Gasteiger partial charge in [0.2, 0.25) is 0 Å². The number of benzene rings is 1. The fourth-order valence-corrected chi connectivity index (χ4v) is 3.54. The number of furan rings is 1. The van der Waals surface area contributed by atoms with Crippen molar-refractivity contribution in [3.05, 3.63) is 76.4 Å². The van der Waals surface area contributed by atoms with Crippen molar-refractivity contribution in [3.8, 4) is 5.75 Å². The van der Waals surface area contributed by atoms with Gasteiger partial charge in [-0.05, 0) is 48.2 Å². The van der Waals surface area contributed by atoms with Crippen LogP contribution in [0, 0.1) is 0 Å². The van der Waals surface area contributed by atoms with Crippen LogP contribution < -0.4 is 10.1 Å². The van der Waals surface area contributed by atoms with Crippen molar-refractivity contribution in [1.82, 2.24) is 5.32 Å². The molecule has 0 fully saturated rings. The quantitative estimate of drug-likeness (QED) is 0.542. The highest BCUT2D eigenvalue weighted by Crippen LogP contribution is 2.32. The lowest BCUT2D eigenvalue weighted by Crippen LogP contribution is -2.41. The zero-order valence-electron chi connectivity index (χ0n) is 15.2. The van der Waals surface area contributed by atoms with E-state index < -0.39 is 5.60 Å². The maximum Gasteiger partial charge on any atom is 0.251 e. The van der Waals surface area contributed by atoms with Crippen LogP contribution in [-0.4, -0.2) is 24.2 Å². The number of unbranched alkanes of at least 4 members (excludes halogenated alkanes) is 1. The standard InChI is InChI=1S/C21H23NO4S/c1-2-3-11-26-18-8-6-16(7-9-18)20(23)22-15-21(24,17-10-12-25-14-17)19-5-4-13-27-19/h4-10,12-14,24H,2-3,11,15H2,1H3,(H,22,23)/t21-/m1/s1. The second kappa shape index (κ2) is 8.88. The summed E-state index contributed by atoms with van der Waals surface area (Å²) in [7, 11) is 0. The number of rotatable bonds is 9. The number of nitrogens with one attached hydrogen (secondary N) is 1. The number of hydrogen-bond donors (Lipinski definition) is 2. The minimum Gasteiger partial charge on any atom is -0.494 e. The summed E-state index contributed by atoms with van der Waals surface area (Å²) in [5, 5.41) is 15.9. The van der Waals surface area contributed by atoms with Crippen molar-refractivity contribution in [1.29, 1.82) is 0 Å². The number of carbonyl (C=O) groups excluding carboxylic acids is 1. The predicted octanol–water partition coefficient (Wildman–Crippen LogP) is 4.19. The smallest absolute Gasteiger partial charge is 0.251 e. The summed E-state index contributed by atoms with van der Waals surface area (Å²) >= 11 is 1.43. The maximum atomic E-state index is 12.5. The normalized spacial score (nSPS) is 13.1. The number of carbonyl (C=O) groups is 1. The van der Waals surface area contributed by atoms with Crippen LogP contribution in [-0.2, 0) is 5.60 Å². The van der Waals surface area contributed by atoms with Crippen molar-refractivity contribution >= 4 is 17.2 Å². The molecule has 0 spiro atoms. The fourth-order valence-electron chi connectivity index (χ4n) is 2.69. The molecule has 2 aromatic heterocycles. The van der Waals surface area contributed by atoms with Crippen molar-refractivity contribution < 1.29 is 19.1 Å². The highest BCUT2D eigenvalue weighted by atomic mass is 32.1. The Balaban J connectivity index is 1.66. The molecule has 5 nitrogen and oxygen atoms in total. The Kier molecular flexibility index (Phi) is 6.32. The number of aliphatic hydroxyl groups is 1. The van der Waals surface area contributed by atoms with Gasteiger partial charge in [0.05, 0.1) is 25.7 Å². The molecule has 0 aliphatic carbocycles. The van der Waals surface area contributed by atoms with E-state index in [0.29, 0.717) is 17.7 Å². The highest BCUT2D eigenvalue weighted by Gasteiger charge is 2.34. The minimum absolute atomic E-state index is 0.0423. The first-order valence-corrected chi connectivity index (χ1v) is 9.81. The van der Waals surface area contributed by atoms with Gasteiger partial charge in [-0.3, -0.25) is 4.79 Å². The zero-order valence-corrected chi connectivity index (χ0v) is 16.0. The third-order valence-corrected chi connectivity index (χ3v) is 5.34. The summed E-state index contributed by atoms with van der Waals surface area (Å²) in [6.45, 7) is 2.82. The van der Waals surface area contributed by atoms with Crippen molar-refractivity contribution in [2.75, 3.05) is 13.2 Å². The average Bonchev–Trinajstić information content (AvgIpc) is 3.41. The Hall–Kier alpha value is -2.57. The predicted molar refractivity (Wildman–Crippen MR) is 105 cm³/mol. The molecular weight excluding hydrogens is 362 g/mol. The van der Waals surface area contributed by atoms with Crippen LogP contribution in [0.1, 0.15) is 40.6 Å². The number of amides is 1. The molecule has 27 heavy (non-hydrogen) atoms. The van der Waals surface area contributed by atoms with Gasteiger partial charge in [0, 0.05) is 16.0 Å². The molecule has 0 radical (unpaired) electrons. The molecule has 0 bridgehead atoms. The molecule has 0 aliphatic rings. The molecule has 0 saturated carbocycles. The molecule has 6 heteroatoms. The first-order valence-electron chi connectivity index (χ1n) is 8.93. The third kappa shape index (κ3) is 4.59. The summed E-state index contributed by atoms with van der Waals surface area (Å²) < 4.78 is 10.7. The van der Waals surface area contributed by atoms with Crippen LogP contribution >= 0.6 is 11.3 Å². The van der Waals surface area contributed by atoms with Gasteiger partial charge in [0.15, 0.2) is 0 Å². The van der Waals surface area contributed by atoms with Crippen LogP contribution in [0.5, 0.6) is 5.75 Å². The molecule has 2 N–H and O–H groups in total. The lowest BCUT2D eigenvalue weighted by molar-refractivity contribution is 0.0714.